The predicted octanol–water partition coefficient (Wildman–Crippen LogP) is 1.20. The summed E-state index contributed by atoms with van der Waals surface area (Å²) < 4.78 is 0. The second kappa shape index (κ2) is 5.34. The van der Waals surface area contributed by atoms with Gasteiger partial charge in [0.1, 0.15) is 5.78 Å². The number of Topliss-reactive ketones (excluding diaryl/α,β-unsaturated/α-hetero) is 1. The van der Waals surface area contributed by atoms with E-state index in [-0.39, 0.29) is 5.78 Å². The summed E-state index contributed by atoms with van der Waals surface area (Å²) in [5.41, 5.74) is 1.94. The van der Waals surface area contributed by atoms with Gasteiger partial charge in [0.25, 0.3) is 0 Å². The van der Waals surface area contributed by atoms with E-state index in [0.717, 1.165) is 11.1 Å². The Labute approximate surface area is 90.3 Å². The summed E-state index contributed by atoms with van der Waals surface area (Å²) >= 11 is 0. The Kier molecular flexibility index (Phi) is 4.09. The lowest BCUT2D eigenvalue weighted by Gasteiger charge is -2.03. The maximum absolute atomic E-state index is 10.8. The molecule has 0 heterocycles. The molecule has 0 saturated heterocycles. The first kappa shape index (κ1) is 11.5. The number of ketones is 1. The van der Waals surface area contributed by atoms with Gasteiger partial charge >= 0.3 is 0 Å². The average molecular weight is 201 g/mol. The highest BCUT2D eigenvalue weighted by atomic mass is 16.1. The molecule has 4 heteroatoms. The van der Waals surface area contributed by atoms with E-state index >= 15 is 0 Å². The maximum Gasteiger partial charge on any atom is 0.200 e. The zero-order chi connectivity index (χ0) is 11.3. The van der Waals surface area contributed by atoms with Crippen molar-refractivity contribution in [3.05, 3.63) is 35.4 Å². The van der Waals surface area contributed by atoms with Gasteiger partial charge in [-0.05, 0) is 18.1 Å². The van der Waals surface area contributed by atoms with Crippen LogP contribution in [0.4, 0.5) is 4.79 Å². The minimum atomic E-state index is -0.539. The molecule has 0 fully saturated rings. The highest BCUT2D eigenvalue weighted by Gasteiger charge is 1.98. The van der Waals surface area contributed by atoms with Crippen molar-refractivity contribution in [2.45, 2.75) is 19.9 Å². The number of hydrogen-bond acceptors (Lipinski definition) is 2. The lowest BCUT2D eigenvalue weighted by atomic mass is 10.1. The van der Waals surface area contributed by atoms with Crippen LogP contribution in [0.5, 0.6) is 0 Å². The van der Waals surface area contributed by atoms with Gasteiger partial charge in [-0.3, -0.25) is 9.59 Å². The van der Waals surface area contributed by atoms with Crippen molar-refractivity contribution in [1.82, 2.24) is 5.32 Å². The van der Waals surface area contributed by atoms with Crippen LogP contribution in [-0.4, -0.2) is 19.4 Å². The molecule has 0 aliphatic heterocycles. The van der Waals surface area contributed by atoms with Crippen LogP contribution < -0.4 is 5.32 Å². The number of carbonyl (C=O) groups is 2. The third kappa shape index (κ3) is 4.45. The van der Waals surface area contributed by atoms with E-state index in [1.54, 1.807) is 6.92 Å². The summed E-state index contributed by atoms with van der Waals surface area (Å²) in [7, 11) is 4.94. The summed E-state index contributed by atoms with van der Waals surface area (Å²) in [5.74, 6) is -0.402. The molecule has 0 aliphatic carbocycles. The van der Waals surface area contributed by atoms with Crippen LogP contribution in [-0.2, 0) is 17.8 Å². The number of amides is 1. The fourth-order valence-electron chi connectivity index (χ4n) is 1.25. The van der Waals surface area contributed by atoms with E-state index in [9.17, 15) is 9.59 Å². The van der Waals surface area contributed by atoms with Gasteiger partial charge in [-0.15, -0.1) is 0 Å². The Morgan fingerprint density at radius 2 is 1.73 bits per heavy atom. The summed E-state index contributed by atoms with van der Waals surface area (Å²) in [6.45, 7) is 1.97. The first-order chi connectivity index (χ1) is 7.08. The fourth-order valence-corrected chi connectivity index (χ4v) is 1.25. The summed E-state index contributed by atoms with van der Waals surface area (Å²) in [5, 5.41) is 2.49. The molecule has 0 bridgehead atoms. The average Bonchev–Trinajstić information content (AvgIpc) is 2.16. The molecule has 3 nitrogen and oxygen atoms in total. The van der Waals surface area contributed by atoms with E-state index in [4.69, 9.17) is 7.85 Å². The molecule has 1 aromatic rings. The zero-order valence-electron chi connectivity index (χ0n) is 8.62. The Morgan fingerprint density at radius 3 is 2.20 bits per heavy atom. The van der Waals surface area contributed by atoms with Gasteiger partial charge in [0.05, 0.1) is 0 Å². The first-order valence-electron chi connectivity index (χ1n) is 4.68. The molecule has 0 saturated carbocycles. The van der Waals surface area contributed by atoms with E-state index in [1.807, 2.05) is 24.3 Å². The number of carbonyl (C=O) groups excluding carboxylic acids is 2. The van der Waals surface area contributed by atoms with Gasteiger partial charge in [0.2, 0.25) is 7.85 Å². The van der Waals surface area contributed by atoms with Crippen molar-refractivity contribution in [1.29, 1.82) is 0 Å². The highest BCUT2D eigenvalue weighted by Crippen LogP contribution is 2.05. The van der Waals surface area contributed by atoms with Crippen molar-refractivity contribution in [3.8, 4) is 0 Å². The second-order valence-corrected chi connectivity index (χ2v) is 3.41. The fraction of sp³-hybridized carbons (Fsp3) is 0.273. The standard InChI is InChI=1S/C11H12BNO2/c1-8(14)6-9-2-4-10(5-3-9)7-13-11(12)15/h2-5H,6-7H2,1H3,(H,13,15). The third-order valence-electron chi connectivity index (χ3n) is 1.94. The number of rotatable bonds is 4. The van der Waals surface area contributed by atoms with E-state index < -0.39 is 5.81 Å². The molecule has 0 atom stereocenters. The Morgan fingerprint density at radius 1 is 1.20 bits per heavy atom. The van der Waals surface area contributed by atoms with Crippen LogP contribution in [0.3, 0.4) is 0 Å². The van der Waals surface area contributed by atoms with Gasteiger partial charge in [0.15, 0.2) is 5.81 Å². The van der Waals surface area contributed by atoms with E-state index in [2.05, 4.69) is 5.32 Å². The molecule has 0 unspecified atom stereocenters. The lowest BCUT2D eigenvalue weighted by molar-refractivity contribution is -0.116. The molecule has 0 aromatic heterocycles. The molecular formula is C11H12BNO2. The molecular weight excluding hydrogens is 189 g/mol. The van der Waals surface area contributed by atoms with Crippen molar-refractivity contribution in [3.63, 3.8) is 0 Å². The van der Waals surface area contributed by atoms with Crippen molar-refractivity contribution >= 4 is 19.4 Å². The van der Waals surface area contributed by atoms with Gasteiger partial charge in [-0.2, -0.15) is 0 Å². The van der Waals surface area contributed by atoms with E-state index in [1.165, 1.54) is 0 Å². The largest absolute Gasteiger partial charge is 0.362 e. The minimum absolute atomic E-state index is 0.137. The van der Waals surface area contributed by atoms with Crippen LogP contribution in [0.2, 0.25) is 0 Å². The summed E-state index contributed by atoms with van der Waals surface area (Å²) in [6, 6.07) is 7.49. The predicted molar refractivity (Wildman–Crippen MR) is 58.8 cm³/mol. The van der Waals surface area contributed by atoms with Gasteiger partial charge < -0.3 is 5.32 Å². The molecule has 15 heavy (non-hydrogen) atoms. The van der Waals surface area contributed by atoms with Crippen molar-refractivity contribution < 1.29 is 9.59 Å². The van der Waals surface area contributed by atoms with Gasteiger partial charge in [-0.25, -0.2) is 0 Å². The summed E-state index contributed by atoms with van der Waals surface area (Å²) in [4.78, 5) is 21.3. The van der Waals surface area contributed by atoms with Crippen LogP contribution in [0, 0.1) is 0 Å². The molecule has 2 radical (unpaired) electrons. The normalized spacial score (nSPS) is 9.67. The number of benzene rings is 1. The van der Waals surface area contributed by atoms with E-state index in [0.29, 0.717) is 13.0 Å². The molecule has 1 N–H and O–H groups in total. The molecule has 0 spiro atoms. The monoisotopic (exact) mass is 201 g/mol. The van der Waals surface area contributed by atoms with Crippen LogP contribution >= 0.6 is 0 Å². The number of hydrogen-bond donors (Lipinski definition) is 1. The molecule has 1 amide bonds. The maximum atomic E-state index is 10.8. The third-order valence-corrected chi connectivity index (χ3v) is 1.94. The highest BCUT2D eigenvalue weighted by molar-refractivity contribution is 6.57. The molecule has 0 aliphatic rings. The quantitative estimate of drug-likeness (QED) is 0.743. The lowest BCUT2D eigenvalue weighted by Crippen LogP contribution is -2.20. The SMILES string of the molecule is [B]C(=O)NCc1ccc(CC(C)=O)cc1. The summed E-state index contributed by atoms with van der Waals surface area (Å²) in [6.07, 6.45) is 0.448. The Balaban J connectivity index is 2.56. The second-order valence-electron chi connectivity index (χ2n) is 3.41. The van der Waals surface area contributed by atoms with Gasteiger partial charge in [0, 0.05) is 13.0 Å². The van der Waals surface area contributed by atoms with Gasteiger partial charge in [-0.1, -0.05) is 24.3 Å². The first-order valence-corrected chi connectivity index (χ1v) is 4.68. The molecule has 76 valence electrons. The van der Waals surface area contributed by atoms with Crippen LogP contribution in [0.25, 0.3) is 0 Å². The van der Waals surface area contributed by atoms with Crippen LogP contribution in [0.15, 0.2) is 24.3 Å². The zero-order valence-corrected chi connectivity index (χ0v) is 8.62. The smallest absolute Gasteiger partial charge is 0.200 e. The molecule has 1 rings (SSSR count). The minimum Gasteiger partial charge on any atom is -0.362 e. The Bertz CT molecular complexity index is 359. The Hall–Kier alpha value is -1.58. The van der Waals surface area contributed by atoms with Crippen molar-refractivity contribution in [2.24, 2.45) is 0 Å². The number of nitrogens with one attached hydrogen (secondary N) is 1. The topological polar surface area (TPSA) is 46.2 Å². The van der Waals surface area contributed by atoms with Crippen LogP contribution in [0.1, 0.15) is 18.1 Å². The molecule has 1 aromatic carbocycles. The van der Waals surface area contributed by atoms with Crippen molar-refractivity contribution in [2.75, 3.05) is 0 Å².